The molecule has 0 aromatic carbocycles. The first-order valence-electron chi connectivity index (χ1n) is 14.7. The van der Waals surface area contributed by atoms with Gasteiger partial charge in [0.25, 0.3) is 0 Å². The van der Waals surface area contributed by atoms with Gasteiger partial charge in [-0.15, -0.1) is 0 Å². The van der Waals surface area contributed by atoms with Gasteiger partial charge >= 0.3 is 14.5 Å². The number of Topliss-reactive ketones (excluding diaryl/α,β-unsaturated/α-hetero) is 3. The molecule has 0 rings (SSSR count). The standard InChI is InChI=1S/C13H18N4O3.C7H11NO.C4H5N.C3H6O.3CH3I.3CH4/c1-10(18)4-6-12(2,8-14)16-17-13(3,9-15)7-5-11(19)20;1-6(5-8)3-4-7(2)9;1-4(2)3-5;1-3(2)4;3*1-2;;;/h4-7H2,1-3H3,(H,19,20);6H,3-4H2,1-2H3;1H2,2H3;1-2H3;3*1H3;3*1H4/p+6/i;;;;3*1D;;;. The largest absolute Gasteiger partial charge is 1.00 e. The molecule has 0 heterocycles. The van der Waals surface area contributed by atoms with Crippen molar-refractivity contribution in [3.8, 4) is 24.3 Å². The molecular formula is C33H67I3N6O5+6. The fourth-order valence-corrected chi connectivity index (χ4v) is 1.73. The molecule has 0 aliphatic rings. The molecule has 0 aromatic rings. The van der Waals surface area contributed by atoms with E-state index >= 15 is 0 Å². The highest BCUT2D eigenvalue weighted by molar-refractivity contribution is 14.1. The van der Waals surface area contributed by atoms with E-state index in [2.05, 4.69) is 22.9 Å². The quantitative estimate of drug-likeness (QED) is 0.0902. The SMILES string of the molecule is C.C.C.C=C(C)C#N.CC(=O)CCC(C)(C#N)N=NC(C)(C#N)CCC(=O)O.CC(=O)CCC(C)C#N.CC(C)=O.[2H]CI.[2H]CI.[2H]CI.[H+].[H+].[H+].[H+].[H+].[H+]. The van der Waals surface area contributed by atoms with Gasteiger partial charge in [-0.3, -0.25) is 4.79 Å². The van der Waals surface area contributed by atoms with Crippen molar-refractivity contribution in [2.75, 3.05) is 14.7 Å². The number of carboxylic acid groups (broad SMARTS) is 1. The molecule has 47 heavy (non-hydrogen) atoms. The van der Waals surface area contributed by atoms with Crippen molar-refractivity contribution in [2.45, 2.75) is 127 Å². The minimum absolute atomic E-state index is 0. The predicted molar refractivity (Wildman–Crippen MR) is 228 cm³/mol. The van der Waals surface area contributed by atoms with Gasteiger partial charge in [0.2, 0.25) is 0 Å². The second-order valence-electron chi connectivity index (χ2n) is 9.14. The van der Waals surface area contributed by atoms with Crippen molar-refractivity contribution in [2.24, 2.45) is 16.1 Å². The Bertz CT molecular complexity index is 1040. The topological polar surface area (TPSA) is 208 Å². The number of azo groups is 1. The molecule has 274 valence electrons. The number of halogens is 3. The monoisotopic (exact) mass is 1010 g/mol. The van der Waals surface area contributed by atoms with Crippen LogP contribution in [0.4, 0.5) is 0 Å². The first kappa shape index (κ1) is 60.3. The van der Waals surface area contributed by atoms with Gasteiger partial charge in [-0.05, 0) is 89.4 Å². The average molecular weight is 1010 g/mol. The third-order valence-corrected chi connectivity index (χ3v) is 4.10. The molecule has 0 saturated carbocycles. The van der Waals surface area contributed by atoms with E-state index in [1.165, 1.54) is 34.6 Å². The van der Waals surface area contributed by atoms with E-state index in [4.69, 9.17) is 30.3 Å². The lowest BCUT2D eigenvalue weighted by atomic mass is 9.97. The highest BCUT2D eigenvalue weighted by Crippen LogP contribution is 2.23. The van der Waals surface area contributed by atoms with Crippen molar-refractivity contribution >= 4 is 91.1 Å². The minimum atomic E-state index is -1.28. The number of rotatable bonds is 11. The smallest absolute Gasteiger partial charge is 0.481 e. The molecule has 0 aliphatic heterocycles. The third kappa shape index (κ3) is 75.8. The van der Waals surface area contributed by atoms with Crippen molar-refractivity contribution < 1.29 is 37.0 Å². The molecule has 14 heteroatoms. The molecule has 3 unspecified atom stereocenters. The molecule has 0 aromatic heterocycles. The highest BCUT2D eigenvalue weighted by Gasteiger charge is 2.29. The van der Waals surface area contributed by atoms with Crippen LogP contribution < -0.4 is 0 Å². The lowest BCUT2D eigenvalue weighted by Gasteiger charge is -2.18. The van der Waals surface area contributed by atoms with E-state index in [-0.39, 0.29) is 79.8 Å². The number of carbonyl (C=O) groups is 4. The number of aliphatic carboxylic acids is 1. The summed E-state index contributed by atoms with van der Waals surface area (Å²) in [6, 6.07) is 7.75. The Kier molecular flexibility index (Phi) is 65.2. The predicted octanol–water partition coefficient (Wildman–Crippen LogP) is 11.2. The molecule has 0 amide bonds. The van der Waals surface area contributed by atoms with Crippen LogP contribution in [0.2, 0.25) is 0 Å². The number of hydrogen-bond donors (Lipinski definition) is 1. The summed E-state index contributed by atoms with van der Waals surface area (Å²) in [5.74, 6) is -0.733. The maximum Gasteiger partial charge on any atom is 1.00 e. The maximum atomic E-state index is 10.9. The van der Waals surface area contributed by atoms with Crippen LogP contribution in [0.3, 0.4) is 0 Å². The first-order valence-corrected chi connectivity index (χ1v) is 17.1. The Morgan fingerprint density at radius 1 is 0.809 bits per heavy atom. The summed E-state index contributed by atoms with van der Waals surface area (Å²) in [7, 11) is 0. The molecule has 3 atom stereocenters. The molecule has 0 radical (unpaired) electrons. The zero-order valence-corrected chi connectivity index (χ0v) is 33.5. The Labute approximate surface area is 341 Å². The lowest BCUT2D eigenvalue weighted by molar-refractivity contribution is -0.137. The van der Waals surface area contributed by atoms with E-state index < -0.39 is 17.0 Å². The Morgan fingerprint density at radius 2 is 1.09 bits per heavy atom. The van der Waals surface area contributed by atoms with Crippen LogP contribution in [0.5, 0.6) is 0 Å². The lowest BCUT2D eigenvalue weighted by Crippen LogP contribution is -2.25. The van der Waals surface area contributed by atoms with Crippen molar-refractivity contribution in [3.05, 3.63) is 12.2 Å². The number of carboxylic acids is 1. The molecule has 0 spiro atoms. The van der Waals surface area contributed by atoms with E-state index in [1.807, 2.05) is 92.9 Å². The van der Waals surface area contributed by atoms with Gasteiger partial charge in [0.1, 0.15) is 17.3 Å². The molecule has 0 saturated heterocycles. The van der Waals surface area contributed by atoms with Gasteiger partial charge in [-0.2, -0.15) is 31.3 Å². The summed E-state index contributed by atoms with van der Waals surface area (Å²) >= 11 is 5.86. The van der Waals surface area contributed by atoms with Crippen molar-refractivity contribution in [1.82, 2.24) is 0 Å². The molecule has 0 bridgehead atoms. The van der Waals surface area contributed by atoms with Gasteiger partial charge in [0, 0.05) is 34.9 Å². The van der Waals surface area contributed by atoms with E-state index in [0.29, 0.717) is 33.1 Å². The van der Waals surface area contributed by atoms with Crippen LogP contribution in [0.15, 0.2) is 22.4 Å². The van der Waals surface area contributed by atoms with Crippen LogP contribution in [0.25, 0.3) is 0 Å². The summed E-state index contributed by atoms with van der Waals surface area (Å²) in [4.78, 5) is 42.7. The normalized spacial score (nSPS) is 11.8. The fourth-order valence-electron chi connectivity index (χ4n) is 1.73. The van der Waals surface area contributed by atoms with Crippen LogP contribution in [-0.2, 0) is 19.2 Å². The van der Waals surface area contributed by atoms with Gasteiger partial charge in [-0.1, -0.05) is 96.6 Å². The summed E-state index contributed by atoms with van der Waals surface area (Å²) < 4.78 is 18.6. The molecule has 0 fully saturated rings. The van der Waals surface area contributed by atoms with Crippen LogP contribution >= 0.6 is 67.8 Å². The molecule has 1 N–H and O–H groups in total. The maximum absolute atomic E-state index is 10.9. The number of hydrogen-bond acceptors (Lipinski definition) is 10. The summed E-state index contributed by atoms with van der Waals surface area (Å²) in [6.07, 6.45) is 1.45. The van der Waals surface area contributed by atoms with E-state index in [0.717, 1.165) is 0 Å². The zero-order valence-electron chi connectivity index (χ0n) is 36.0. The van der Waals surface area contributed by atoms with Gasteiger partial charge in [0.05, 0.1) is 24.3 Å². The summed E-state index contributed by atoms with van der Waals surface area (Å²) in [5.41, 5.74) is -1.91. The number of nitrogens with zero attached hydrogens (tertiary/aromatic N) is 6. The number of carbonyl (C=O) groups excluding carboxylic acids is 3. The highest BCUT2D eigenvalue weighted by atomic mass is 127. The molecule has 11 nitrogen and oxygen atoms in total. The second-order valence-corrected chi connectivity index (χ2v) is 9.14. The number of nitriles is 4. The Balaban J connectivity index is -0.0000000271. The number of ketones is 3. The van der Waals surface area contributed by atoms with Gasteiger partial charge < -0.3 is 19.5 Å². The summed E-state index contributed by atoms with van der Waals surface area (Å²) in [6.45, 7) is 15.8. The van der Waals surface area contributed by atoms with E-state index in [1.54, 1.807) is 13.8 Å². The van der Waals surface area contributed by atoms with Crippen LogP contribution in [-0.4, -0.2) is 54.2 Å². The fraction of sp³-hybridized carbons (Fsp3) is 0.697. The van der Waals surface area contributed by atoms with Crippen molar-refractivity contribution in [3.63, 3.8) is 0 Å². The van der Waals surface area contributed by atoms with E-state index in [9.17, 15) is 19.2 Å². The Hall–Kier alpha value is -2.03. The molecule has 0 aliphatic carbocycles. The minimum Gasteiger partial charge on any atom is -0.481 e. The number of alkyl halides is 3. The molecular weight excluding hydrogens is 941 g/mol. The Morgan fingerprint density at radius 3 is 1.28 bits per heavy atom. The summed E-state index contributed by atoms with van der Waals surface area (Å²) in [5, 5.41) is 50.5. The van der Waals surface area contributed by atoms with Crippen LogP contribution in [0, 0.1) is 51.2 Å². The van der Waals surface area contributed by atoms with Crippen LogP contribution in [0.1, 0.15) is 129 Å². The third-order valence-electron chi connectivity index (χ3n) is 4.10. The first-order chi connectivity index (χ1) is 21.6. The van der Waals surface area contributed by atoms with Gasteiger partial charge in [0.15, 0.2) is 11.1 Å². The average Bonchev–Trinajstić information content (AvgIpc) is 2.98. The van der Waals surface area contributed by atoms with Crippen molar-refractivity contribution in [1.29, 1.82) is 21.0 Å². The van der Waals surface area contributed by atoms with Gasteiger partial charge in [-0.25, -0.2) is 0 Å². The number of allylic oxidation sites excluding steroid dienone is 1. The zero-order chi connectivity index (χ0) is 39.1. The second kappa shape index (κ2) is 50.8.